The fourth-order valence-electron chi connectivity index (χ4n) is 10.5. The first-order valence-electron chi connectivity index (χ1n) is 32.7. The number of carbonyl (C=O) groups is 1. The van der Waals surface area contributed by atoms with Gasteiger partial charge in [0.25, 0.3) is 0 Å². The number of ether oxygens (including phenoxy) is 2. The fraction of sp³-hybridized carbons (Fsp3) is 0.894. The molecule has 1 saturated heterocycles. The number of allylic oxidation sites excluding steroid dienone is 5. The Kier molecular flexibility index (Phi) is 53.1. The topological polar surface area (TPSA) is 149 Å². The summed E-state index contributed by atoms with van der Waals surface area (Å²) in [5.41, 5.74) is 0. The summed E-state index contributed by atoms with van der Waals surface area (Å²) >= 11 is 0. The van der Waals surface area contributed by atoms with Gasteiger partial charge < -0.3 is 40.3 Å². The molecule has 7 atom stereocenters. The molecule has 9 heteroatoms. The summed E-state index contributed by atoms with van der Waals surface area (Å²) in [5, 5.41) is 54.6. The van der Waals surface area contributed by atoms with Crippen molar-refractivity contribution in [2.24, 2.45) is 0 Å². The van der Waals surface area contributed by atoms with Crippen molar-refractivity contribution in [1.29, 1.82) is 0 Å². The summed E-state index contributed by atoms with van der Waals surface area (Å²) in [5.74, 6) is -0.185. The highest BCUT2D eigenvalue weighted by Crippen LogP contribution is 2.23. The Balaban J connectivity index is 2.17. The Hall–Kier alpha value is -1.59. The predicted molar refractivity (Wildman–Crippen MR) is 318 cm³/mol. The summed E-state index contributed by atoms with van der Waals surface area (Å²) in [7, 11) is 0. The summed E-state index contributed by atoms with van der Waals surface area (Å²) in [6.07, 6.45) is 66.8. The van der Waals surface area contributed by atoms with Gasteiger partial charge >= 0.3 is 0 Å². The standard InChI is InChI=1S/C66H125NO8/c1-3-5-7-9-11-13-15-17-19-21-23-24-25-26-27-28-29-30-31-32-33-34-35-36-38-39-41-43-45-47-49-51-53-55-60(69)59(58-74-66-65(73)64(72)63(71)61(57-68)75-66)67-62(70)56-54-52-50-48-46-44-42-40-37-22-20-18-16-14-12-10-8-6-4-2/h38-39,45,47,53,55,59-61,63-66,68-69,71-73H,3-37,40-44,46,48-52,54,56-58H2,1-2H3,(H,67,70)/b39-38+,47-45+,55-53+. The third-order valence-electron chi connectivity index (χ3n) is 15.7. The van der Waals surface area contributed by atoms with E-state index in [4.69, 9.17) is 9.47 Å². The summed E-state index contributed by atoms with van der Waals surface area (Å²) in [6, 6.07) is -0.827. The molecule has 0 aromatic rings. The molecular weight excluding hydrogens is 935 g/mol. The molecule has 442 valence electrons. The monoisotopic (exact) mass is 1060 g/mol. The number of carbonyl (C=O) groups excluding carboxylic acids is 1. The highest BCUT2D eigenvalue weighted by atomic mass is 16.7. The van der Waals surface area contributed by atoms with Gasteiger partial charge in [-0.1, -0.05) is 307 Å². The van der Waals surface area contributed by atoms with Crippen LogP contribution in [0.2, 0.25) is 0 Å². The molecule has 0 saturated carbocycles. The lowest BCUT2D eigenvalue weighted by atomic mass is 9.99. The molecule has 1 aliphatic heterocycles. The van der Waals surface area contributed by atoms with E-state index in [1.54, 1.807) is 6.08 Å². The van der Waals surface area contributed by atoms with Crippen molar-refractivity contribution in [2.45, 2.75) is 365 Å². The number of amides is 1. The normalized spacial score (nSPS) is 19.1. The average molecular weight is 1060 g/mol. The van der Waals surface area contributed by atoms with Crippen LogP contribution in [0.25, 0.3) is 0 Å². The van der Waals surface area contributed by atoms with Crippen molar-refractivity contribution in [3.05, 3.63) is 36.5 Å². The second-order valence-corrected chi connectivity index (χ2v) is 22.9. The predicted octanol–water partition coefficient (Wildman–Crippen LogP) is 17.1. The molecule has 75 heavy (non-hydrogen) atoms. The Bertz CT molecular complexity index is 1270. The average Bonchev–Trinajstić information content (AvgIpc) is 3.41. The molecule has 1 fully saturated rings. The molecule has 0 spiro atoms. The lowest BCUT2D eigenvalue weighted by molar-refractivity contribution is -0.302. The minimum absolute atomic E-state index is 0.185. The summed E-state index contributed by atoms with van der Waals surface area (Å²) < 4.78 is 11.3. The fourth-order valence-corrected chi connectivity index (χ4v) is 10.5. The van der Waals surface area contributed by atoms with Crippen molar-refractivity contribution >= 4 is 5.91 Å². The van der Waals surface area contributed by atoms with E-state index in [0.29, 0.717) is 6.42 Å². The maximum atomic E-state index is 13.1. The van der Waals surface area contributed by atoms with Crippen LogP contribution in [0.5, 0.6) is 0 Å². The van der Waals surface area contributed by atoms with Crippen LogP contribution in [0.4, 0.5) is 0 Å². The zero-order chi connectivity index (χ0) is 54.3. The van der Waals surface area contributed by atoms with Crippen molar-refractivity contribution in [1.82, 2.24) is 5.32 Å². The molecule has 0 aromatic carbocycles. The number of rotatable bonds is 57. The van der Waals surface area contributed by atoms with Gasteiger partial charge in [0, 0.05) is 6.42 Å². The molecule has 0 aliphatic carbocycles. The Morgan fingerprint density at radius 3 is 1.12 bits per heavy atom. The van der Waals surface area contributed by atoms with Gasteiger partial charge in [-0.15, -0.1) is 0 Å². The number of aliphatic hydroxyl groups excluding tert-OH is 5. The van der Waals surface area contributed by atoms with Crippen LogP contribution in [-0.2, 0) is 14.3 Å². The SMILES string of the molecule is CCCCCCCCCCCCCCCCCCCCCCCCC/C=C/CC/C=C/CC/C=C/C(O)C(COC1OC(CO)C(O)C(O)C1O)NC(=O)CCCCCCCCCCCCCCCCCCCCC. The van der Waals surface area contributed by atoms with Crippen molar-refractivity contribution in [3.63, 3.8) is 0 Å². The van der Waals surface area contributed by atoms with Crippen LogP contribution in [0.15, 0.2) is 36.5 Å². The van der Waals surface area contributed by atoms with Crippen LogP contribution in [0.1, 0.15) is 322 Å². The zero-order valence-corrected chi connectivity index (χ0v) is 49.3. The van der Waals surface area contributed by atoms with Crippen LogP contribution >= 0.6 is 0 Å². The molecule has 7 unspecified atom stereocenters. The number of aliphatic hydroxyl groups is 5. The molecule has 6 N–H and O–H groups in total. The lowest BCUT2D eigenvalue weighted by Gasteiger charge is -2.40. The Morgan fingerprint density at radius 2 is 0.760 bits per heavy atom. The van der Waals surface area contributed by atoms with Crippen molar-refractivity contribution < 1.29 is 39.8 Å². The van der Waals surface area contributed by atoms with E-state index in [9.17, 15) is 30.3 Å². The van der Waals surface area contributed by atoms with Crippen LogP contribution in [0.3, 0.4) is 0 Å². The van der Waals surface area contributed by atoms with E-state index in [2.05, 4.69) is 43.5 Å². The van der Waals surface area contributed by atoms with E-state index in [0.717, 1.165) is 44.9 Å². The molecule has 1 heterocycles. The first-order valence-corrected chi connectivity index (χ1v) is 32.7. The third kappa shape index (κ3) is 44.9. The second kappa shape index (κ2) is 55.7. The first-order chi connectivity index (χ1) is 36.8. The van der Waals surface area contributed by atoms with E-state index in [1.807, 2.05) is 6.08 Å². The number of hydrogen-bond acceptors (Lipinski definition) is 8. The Labute approximate surface area is 463 Å². The van der Waals surface area contributed by atoms with Gasteiger partial charge in [0.2, 0.25) is 5.91 Å². The van der Waals surface area contributed by atoms with Crippen LogP contribution in [-0.4, -0.2) is 87.5 Å². The van der Waals surface area contributed by atoms with Crippen LogP contribution < -0.4 is 5.32 Å². The maximum absolute atomic E-state index is 13.1. The summed E-state index contributed by atoms with van der Waals surface area (Å²) in [6.45, 7) is 3.80. The minimum Gasteiger partial charge on any atom is -0.394 e. The molecule has 0 radical (unpaired) electrons. The number of hydrogen-bond donors (Lipinski definition) is 6. The van der Waals surface area contributed by atoms with Crippen LogP contribution in [0, 0.1) is 0 Å². The van der Waals surface area contributed by atoms with Crippen molar-refractivity contribution in [3.8, 4) is 0 Å². The van der Waals surface area contributed by atoms with Gasteiger partial charge in [-0.2, -0.15) is 0 Å². The van der Waals surface area contributed by atoms with Gasteiger partial charge in [-0.3, -0.25) is 4.79 Å². The zero-order valence-electron chi connectivity index (χ0n) is 49.3. The minimum atomic E-state index is -1.57. The number of nitrogens with one attached hydrogen (secondary N) is 1. The second-order valence-electron chi connectivity index (χ2n) is 22.9. The molecule has 0 bridgehead atoms. The summed E-state index contributed by atoms with van der Waals surface area (Å²) in [4.78, 5) is 13.1. The largest absolute Gasteiger partial charge is 0.394 e. The van der Waals surface area contributed by atoms with E-state index in [1.165, 1.54) is 257 Å². The van der Waals surface area contributed by atoms with Gasteiger partial charge in [-0.25, -0.2) is 0 Å². The smallest absolute Gasteiger partial charge is 0.220 e. The quantitative estimate of drug-likeness (QED) is 0.0261. The highest BCUT2D eigenvalue weighted by molar-refractivity contribution is 5.76. The van der Waals surface area contributed by atoms with E-state index >= 15 is 0 Å². The van der Waals surface area contributed by atoms with Gasteiger partial charge in [0.1, 0.15) is 24.4 Å². The van der Waals surface area contributed by atoms with Gasteiger partial charge in [0.15, 0.2) is 6.29 Å². The van der Waals surface area contributed by atoms with Gasteiger partial charge in [-0.05, 0) is 44.9 Å². The van der Waals surface area contributed by atoms with Crippen molar-refractivity contribution in [2.75, 3.05) is 13.2 Å². The molecule has 9 nitrogen and oxygen atoms in total. The highest BCUT2D eigenvalue weighted by Gasteiger charge is 2.44. The molecule has 0 aromatic heterocycles. The molecule has 1 rings (SSSR count). The molecular formula is C66H125NO8. The molecule has 1 aliphatic rings. The van der Waals surface area contributed by atoms with E-state index < -0.39 is 49.5 Å². The molecule has 1 amide bonds. The van der Waals surface area contributed by atoms with Gasteiger partial charge in [0.05, 0.1) is 25.4 Å². The first kappa shape index (κ1) is 71.4. The Morgan fingerprint density at radius 1 is 0.440 bits per heavy atom. The third-order valence-corrected chi connectivity index (χ3v) is 15.7. The number of unbranched alkanes of at least 4 members (excludes halogenated alkanes) is 43. The van der Waals surface area contributed by atoms with E-state index in [-0.39, 0.29) is 12.5 Å². The lowest BCUT2D eigenvalue weighted by Crippen LogP contribution is -2.60. The maximum Gasteiger partial charge on any atom is 0.220 e.